The second-order valence-electron chi connectivity index (χ2n) is 5.29. The first-order chi connectivity index (χ1) is 9.92. The SMILES string of the molecule is c1ccc2c(-n3nncc3CNC3CC3)cccc2c1. The Balaban J connectivity index is 1.76. The van der Waals surface area contributed by atoms with E-state index < -0.39 is 0 Å². The Labute approximate surface area is 117 Å². The van der Waals surface area contributed by atoms with Gasteiger partial charge in [-0.05, 0) is 24.3 Å². The smallest absolute Gasteiger partial charge is 0.0784 e. The molecule has 4 nitrogen and oxygen atoms in total. The molecule has 20 heavy (non-hydrogen) atoms. The second kappa shape index (κ2) is 4.72. The molecule has 3 aromatic rings. The van der Waals surface area contributed by atoms with Gasteiger partial charge in [-0.3, -0.25) is 0 Å². The summed E-state index contributed by atoms with van der Waals surface area (Å²) in [6.07, 6.45) is 4.42. The molecule has 1 fully saturated rings. The van der Waals surface area contributed by atoms with Crippen LogP contribution in [0.1, 0.15) is 18.5 Å². The number of rotatable bonds is 4. The summed E-state index contributed by atoms with van der Waals surface area (Å²) in [5.41, 5.74) is 2.20. The quantitative estimate of drug-likeness (QED) is 0.788. The first kappa shape index (κ1) is 11.6. The maximum atomic E-state index is 4.26. The van der Waals surface area contributed by atoms with Crippen LogP contribution in [0.4, 0.5) is 0 Å². The van der Waals surface area contributed by atoms with Gasteiger partial charge in [0.2, 0.25) is 0 Å². The molecule has 0 atom stereocenters. The van der Waals surface area contributed by atoms with Gasteiger partial charge in [0.15, 0.2) is 0 Å². The molecule has 4 heteroatoms. The van der Waals surface area contributed by atoms with E-state index in [0.717, 1.165) is 17.9 Å². The second-order valence-corrected chi connectivity index (χ2v) is 5.29. The zero-order valence-electron chi connectivity index (χ0n) is 11.2. The fourth-order valence-electron chi connectivity index (χ4n) is 2.51. The average molecular weight is 264 g/mol. The molecule has 1 saturated carbocycles. The summed E-state index contributed by atoms with van der Waals surface area (Å²) in [5, 5.41) is 14.3. The van der Waals surface area contributed by atoms with Gasteiger partial charge in [-0.15, -0.1) is 5.10 Å². The van der Waals surface area contributed by atoms with Crippen LogP contribution in [0.3, 0.4) is 0 Å². The largest absolute Gasteiger partial charge is 0.308 e. The highest BCUT2D eigenvalue weighted by Gasteiger charge is 2.21. The summed E-state index contributed by atoms with van der Waals surface area (Å²) in [4.78, 5) is 0. The third-order valence-electron chi connectivity index (χ3n) is 3.76. The molecule has 0 bridgehead atoms. The molecule has 0 spiro atoms. The summed E-state index contributed by atoms with van der Waals surface area (Å²) in [6.45, 7) is 0.820. The van der Waals surface area contributed by atoms with E-state index in [2.05, 4.69) is 58.1 Å². The summed E-state index contributed by atoms with van der Waals surface area (Å²) in [5.74, 6) is 0. The van der Waals surface area contributed by atoms with Gasteiger partial charge < -0.3 is 5.32 Å². The molecule has 1 aliphatic carbocycles. The van der Waals surface area contributed by atoms with E-state index >= 15 is 0 Å². The van der Waals surface area contributed by atoms with Crippen molar-refractivity contribution in [1.29, 1.82) is 0 Å². The number of aromatic nitrogens is 3. The lowest BCUT2D eigenvalue weighted by Gasteiger charge is -2.10. The molecule has 100 valence electrons. The zero-order chi connectivity index (χ0) is 13.4. The molecule has 1 aliphatic rings. The van der Waals surface area contributed by atoms with E-state index in [4.69, 9.17) is 0 Å². The molecule has 1 aromatic heterocycles. The predicted octanol–water partition coefficient (Wildman–Crippen LogP) is 2.67. The van der Waals surface area contributed by atoms with Crippen LogP contribution in [0, 0.1) is 0 Å². The van der Waals surface area contributed by atoms with Crippen molar-refractivity contribution in [3.8, 4) is 5.69 Å². The third kappa shape index (κ3) is 2.08. The van der Waals surface area contributed by atoms with Crippen molar-refractivity contribution in [1.82, 2.24) is 20.3 Å². The van der Waals surface area contributed by atoms with Gasteiger partial charge in [0, 0.05) is 18.0 Å². The van der Waals surface area contributed by atoms with Gasteiger partial charge >= 0.3 is 0 Å². The Hall–Kier alpha value is -2.20. The molecule has 0 amide bonds. The van der Waals surface area contributed by atoms with E-state index in [1.807, 2.05) is 10.9 Å². The summed E-state index contributed by atoms with van der Waals surface area (Å²) in [7, 11) is 0. The predicted molar refractivity (Wildman–Crippen MR) is 78.7 cm³/mol. The maximum Gasteiger partial charge on any atom is 0.0784 e. The highest BCUT2D eigenvalue weighted by atomic mass is 15.4. The lowest BCUT2D eigenvalue weighted by Crippen LogP contribution is -2.18. The van der Waals surface area contributed by atoms with Crippen LogP contribution in [-0.4, -0.2) is 21.0 Å². The van der Waals surface area contributed by atoms with Gasteiger partial charge in [-0.2, -0.15) is 0 Å². The molecule has 0 unspecified atom stereocenters. The highest BCUT2D eigenvalue weighted by Crippen LogP contribution is 2.23. The van der Waals surface area contributed by atoms with Crippen LogP contribution in [-0.2, 0) is 6.54 Å². The Morgan fingerprint density at radius 1 is 1.10 bits per heavy atom. The van der Waals surface area contributed by atoms with E-state index in [9.17, 15) is 0 Å². The highest BCUT2D eigenvalue weighted by molar-refractivity contribution is 5.90. The van der Waals surface area contributed by atoms with Gasteiger partial charge in [0.05, 0.1) is 17.6 Å². The standard InChI is InChI=1S/C16H16N4/c1-2-6-15-12(4-1)5-3-7-16(15)20-14(11-18-19-20)10-17-13-8-9-13/h1-7,11,13,17H,8-10H2. The number of nitrogens with one attached hydrogen (secondary N) is 1. The van der Waals surface area contributed by atoms with Crippen molar-refractivity contribution < 1.29 is 0 Å². The van der Waals surface area contributed by atoms with E-state index in [-0.39, 0.29) is 0 Å². The average Bonchev–Trinajstić information content (AvgIpc) is 3.21. The van der Waals surface area contributed by atoms with Crippen LogP contribution in [0.5, 0.6) is 0 Å². The van der Waals surface area contributed by atoms with Crippen molar-refractivity contribution in [2.45, 2.75) is 25.4 Å². The van der Waals surface area contributed by atoms with E-state index in [0.29, 0.717) is 6.04 Å². The number of hydrogen-bond donors (Lipinski definition) is 1. The maximum absolute atomic E-state index is 4.26. The van der Waals surface area contributed by atoms with Crippen LogP contribution < -0.4 is 5.32 Å². The minimum absolute atomic E-state index is 0.686. The van der Waals surface area contributed by atoms with E-state index in [1.165, 1.54) is 23.6 Å². The molecular formula is C16H16N4. The first-order valence-corrected chi connectivity index (χ1v) is 7.03. The number of benzene rings is 2. The zero-order valence-corrected chi connectivity index (χ0v) is 11.2. The number of nitrogens with zero attached hydrogens (tertiary/aromatic N) is 3. The molecule has 0 radical (unpaired) electrons. The van der Waals surface area contributed by atoms with Crippen molar-refractivity contribution in [2.75, 3.05) is 0 Å². The van der Waals surface area contributed by atoms with Crippen molar-refractivity contribution in [2.24, 2.45) is 0 Å². The van der Waals surface area contributed by atoms with Gasteiger partial charge in [0.1, 0.15) is 0 Å². The van der Waals surface area contributed by atoms with Crippen LogP contribution >= 0.6 is 0 Å². The molecule has 0 aliphatic heterocycles. The van der Waals surface area contributed by atoms with Gasteiger partial charge in [-0.25, -0.2) is 4.68 Å². The monoisotopic (exact) mass is 264 g/mol. The number of hydrogen-bond acceptors (Lipinski definition) is 3. The molecule has 1 heterocycles. The molecule has 0 saturated heterocycles. The minimum atomic E-state index is 0.686. The van der Waals surface area contributed by atoms with Gasteiger partial charge in [0.25, 0.3) is 0 Å². The fourth-order valence-corrected chi connectivity index (χ4v) is 2.51. The minimum Gasteiger partial charge on any atom is -0.308 e. The Morgan fingerprint density at radius 3 is 2.85 bits per heavy atom. The third-order valence-corrected chi connectivity index (χ3v) is 3.76. The van der Waals surface area contributed by atoms with Crippen molar-refractivity contribution >= 4 is 10.8 Å². The van der Waals surface area contributed by atoms with Crippen molar-refractivity contribution in [3.05, 3.63) is 54.4 Å². The topological polar surface area (TPSA) is 42.7 Å². The normalized spacial score (nSPS) is 14.8. The van der Waals surface area contributed by atoms with E-state index in [1.54, 1.807) is 0 Å². The van der Waals surface area contributed by atoms with Crippen LogP contribution in [0.2, 0.25) is 0 Å². The molecule has 1 N–H and O–H groups in total. The fraction of sp³-hybridized carbons (Fsp3) is 0.250. The molecular weight excluding hydrogens is 248 g/mol. The summed E-state index contributed by atoms with van der Waals surface area (Å²) < 4.78 is 1.94. The molecule has 4 rings (SSSR count). The lowest BCUT2D eigenvalue weighted by molar-refractivity contribution is 0.648. The summed E-state index contributed by atoms with van der Waals surface area (Å²) >= 11 is 0. The number of fused-ring (bicyclic) bond motifs is 1. The lowest BCUT2D eigenvalue weighted by atomic mass is 10.1. The van der Waals surface area contributed by atoms with Crippen LogP contribution in [0.25, 0.3) is 16.5 Å². The Morgan fingerprint density at radius 2 is 1.95 bits per heavy atom. The Kier molecular flexibility index (Phi) is 2.74. The first-order valence-electron chi connectivity index (χ1n) is 7.03. The van der Waals surface area contributed by atoms with Crippen LogP contribution in [0.15, 0.2) is 48.7 Å². The van der Waals surface area contributed by atoms with Gasteiger partial charge in [-0.1, -0.05) is 41.6 Å². The Bertz CT molecular complexity index is 738. The van der Waals surface area contributed by atoms with Crippen molar-refractivity contribution in [3.63, 3.8) is 0 Å². The molecule has 2 aromatic carbocycles. The summed E-state index contributed by atoms with van der Waals surface area (Å²) in [6, 6.07) is 15.3.